The zero-order valence-corrected chi connectivity index (χ0v) is 9.23. The van der Waals surface area contributed by atoms with E-state index in [0.717, 1.165) is 6.08 Å². The van der Waals surface area contributed by atoms with E-state index in [1.54, 1.807) is 19.9 Å². The Morgan fingerprint density at radius 2 is 1.81 bits per heavy atom. The van der Waals surface area contributed by atoms with Gasteiger partial charge >= 0.3 is 11.9 Å². The summed E-state index contributed by atoms with van der Waals surface area (Å²) < 4.78 is 9.37. The lowest BCUT2D eigenvalue weighted by Crippen LogP contribution is -2.43. The van der Waals surface area contributed by atoms with Crippen molar-refractivity contribution in [3.05, 3.63) is 12.3 Å². The summed E-state index contributed by atoms with van der Waals surface area (Å²) in [7, 11) is 0. The summed E-state index contributed by atoms with van der Waals surface area (Å²) in [6.45, 7) is 3.59. The number of rotatable bonds is 6. The topological polar surface area (TPSA) is 88.4 Å². The van der Waals surface area contributed by atoms with Gasteiger partial charge in [0.2, 0.25) is 6.04 Å². The summed E-state index contributed by atoms with van der Waals surface area (Å²) >= 11 is 0. The Hall–Kier alpha value is -2.03. The Morgan fingerprint density at radius 3 is 2.19 bits per heavy atom. The first-order valence-corrected chi connectivity index (χ1v) is 4.81. The van der Waals surface area contributed by atoms with E-state index in [1.165, 1.54) is 6.20 Å². The Morgan fingerprint density at radius 1 is 1.31 bits per heavy atom. The molecule has 0 fully saturated rings. The second-order valence-electron chi connectivity index (χ2n) is 2.57. The third-order valence-electron chi connectivity index (χ3n) is 1.47. The second kappa shape index (κ2) is 8.29. The van der Waals surface area contributed by atoms with Crippen molar-refractivity contribution in [3.63, 3.8) is 0 Å². The highest BCUT2D eigenvalue weighted by Crippen LogP contribution is 1.94. The molecule has 0 rings (SSSR count). The van der Waals surface area contributed by atoms with E-state index in [0.29, 0.717) is 0 Å². The van der Waals surface area contributed by atoms with Crippen molar-refractivity contribution < 1.29 is 19.1 Å². The van der Waals surface area contributed by atoms with Crippen molar-refractivity contribution in [2.75, 3.05) is 13.2 Å². The number of esters is 2. The van der Waals surface area contributed by atoms with Gasteiger partial charge in [0.25, 0.3) is 0 Å². The van der Waals surface area contributed by atoms with Gasteiger partial charge in [0.05, 0.1) is 19.3 Å². The van der Waals surface area contributed by atoms with Gasteiger partial charge in [-0.15, -0.1) is 0 Å². The lowest BCUT2D eigenvalue weighted by molar-refractivity contribution is -0.157. The van der Waals surface area contributed by atoms with Crippen LogP contribution in [-0.2, 0) is 19.1 Å². The molecule has 0 radical (unpaired) electrons. The van der Waals surface area contributed by atoms with Crippen LogP contribution >= 0.6 is 0 Å². The van der Waals surface area contributed by atoms with Crippen LogP contribution in [0.2, 0.25) is 0 Å². The molecule has 0 aliphatic rings. The number of carbonyl (C=O) groups is 2. The van der Waals surface area contributed by atoms with Crippen LogP contribution in [0.5, 0.6) is 0 Å². The minimum atomic E-state index is -1.23. The molecule has 88 valence electrons. The Balaban J connectivity index is 4.50. The van der Waals surface area contributed by atoms with Crippen LogP contribution in [0.3, 0.4) is 0 Å². The molecular formula is C10H14N2O4. The first kappa shape index (κ1) is 14.0. The van der Waals surface area contributed by atoms with Gasteiger partial charge in [0.15, 0.2) is 0 Å². The van der Waals surface area contributed by atoms with Gasteiger partial charge < -0.3 is 14.8 Å². The maximum Gasteiger partial charge on any atom is 0.340 e. The number of hydrogen-bond donors (Lipinski definition) is 1. The highest BCUT2D eigenvalue weighted by atomic mass is 16.6. The number of allylic oxidation sites excluding steroid dienone is 1. The number of nitrogens with zero attached hydrogens (tertiary/aromatic N) is 1. The van der Waals surface area contributed by atoms with Crippen molar-refractivity contribution in [2.45, 2.75) is 19.9 Å². The van der Waals surface area contributed by atoms with E-state index >= 15 is 0 Å². The largest absolute Gasteiger partial charge is 0.464 e. The van der Waals surface area contributed by atoms with Crippen LogP contribution < -0.4 is 5.32 Å². The SMILES string of the molecule is CCOC(=O)C(NC=CC#N)C(=O)OCC. The Kier molecular flexibility index (Phi) is 7.24. The van der Waals surface area contributed by atoms with E-state index in [-0.39, 0.29) is 13.2 Å². The van der Waals surface area contributed by atoms with Crippen molar-refractivity contribution >= 4 is 11.9 Å². The molecule has 0 bridgehead atoms. The fourth-order valence-electron chi connectivity index (χ4n) is 0.865. The molecular weight excluding hydrogens is 212 g/mol. The average molecular weight is 226 g/mol. The summed E-state index contributed by atoms with van der Waals surface area (Å²) in [4.78, 5) is 22.7. The molecule has 0 aliphatic heterocycles. The molecule has 0 amide bonds. The Labute approximate surface area is 93.8 Å². The van der Waals surface area contributed by atoms with E-state index in [9.17, 15) is 9.59 Å². The minimum Gasteiger partial charge on any atom is -0.464 e. The van der Waals surface area contributed by atoms with Gasteiger partial charge in [-0.3, -0.25) is 0 Å². The zero-order chi connectivity index (χ0) is 12.4. The maximum absolute atomic E-state index is 11.4. The Bertz CT molecular complexity index is 288. The van der Waals surface area contributed by atoms with Crippen molar-refractivity contribution in [2.24, 2.45) is 0 Å². The van der Waals surface area contributed by atoms with E-state index in [4.69, 9.17) is 5.26 Å². The maximum atomic E-state index is 11.4. The van der Waals surface area contributed by atoms with Crippen molar-refractivity contribution in [1.29, 1.82) is 5.26 Å². The van der Waals surface area contributed by atoms with Gasteiger partial charge in [-0.1, -0.05) is 0 Å². The van der Waals surface area contributed by atoms with Gasteiger partial charge in [0.1, 0.15) is 0 Å². The molecule has 0 spiro atoms. The number of carbonyl (C=O) groups excluding carboxylic acids is 2. The minimum absolute atomic E-state index is 0.165. The molecule has 6 heteroatoms. The normalized spacial score (nSPS) is 9.88. The van der Waals surface area contributed by atoms with E-state index in [1.807, 2.05) is 0 Å². The van der Waals surface area contributed by atoms with Crippen LogP contribution in [0.1, 0.15) is 13.8 Å². The van der Waals surface area contributed by atoms with E-state index < -0.39 is 18.0 Å². The molecule has 0 saturated carbocycles. The fraction of sp³-hybridized carbons (Fsp3) is 0.500. The predicted octanol–water partition coefficient (Wildman–Crippen LogP) is 0.108. The van der Waals surface area contributed by atoms with Crippen LogP contribution in [0.25, 0.3) is 0 Å². The number of nitrogens with one attached hydrogen (secondary N) is 1. The smallest absolute Gasteiger partial charge is 0.340 e. The molecule has 0 heterocycles. The lowest BCUT2D eigenvalue weighted by atomic mass is 10.3. The molecule has 6 nitrogen and oxygen atoms in total. The zero-order valence-electron chi connectivity index (χ0n) is 9.23. The van der Waals surface area contributed by atoms with Crippen molar-refractivity contribution in [3.8, 4) is 6.07 Å². The molecule has 0 unspecified atom stereocenters. The number of ether oxygens (including phenoxy) is 2. The van der Waals surface area contributed by atoms with Crippen LogP contribution in [-0.4, -0.2) is 31.2 Å². The third kappa shape index (κ3) is 5.00. The summed E-state index contributed by atoms with van der Waals surface area (Å²) in [6, 6.07) is 0.486. The van der Waals surface area contributed by atoms with Crippen LogP contribution in [0.4, 0.5) is 0 Å². The fourth-order valence-corrected chi connectivity index (χ4v) is 0.865. The van der Waals surface area contributed by atoms with Gasteiger partial charge in [0, 0.05) is 12.3 Å². The molecule has 16 heavy (non-hydrogen) atoms. The monoisotopic (exact) mass is 226 g/mol. The van der Waals surface area contributed by atoms with Gasteiger partial charge in [-0.25, -0.2) is 9.59 Å². The molecule has 0 aliphatic carbocycles. The summed E-state index contributed by atoms with van der Waals surface area (Å²) in [5, 5.41) is 10.7. The van der Waals surface area contributed by atoms with E-state index in [2.05, 4.69) is 14.8 Å². The second-order valence-corrected chi connectivity index (χ2v) is 2.57. The first-order chi connectivity index (χ1) is 7.67. The summed E-state index contributed by atoms with van der Waals surface area (Å²) in [5.41, 5.74) is 0. The first-order valence-electron chi connectivity index (χ1n) is 4.81. The highest BCUT2D eigenvalue weighted by molar-refractivity contribution is 5.99. The van der Waals surface area contributed by atoms with Crippen LogP contribution in [0.15, 0.2) is 12.3 Å². The lowest BCUT2D eigenvalue weighted by Gasteiger charge is -2.13. The molecule has 0 aromatic carbocycles. The number of hydrogen-bond acceptors (Lipinski definition) is 6. The average Bonchev–Trinajstić information content (AvgIpc) is 2.25. The molecule has 0 aromatic rings. The molecule has 0 saturated heterocycles. The van der Waals surface area contributed by atoms with Gasteiger partial charge in [-0.05, 0) is 13.8 Å². The quantitative estimate of drug-likeness (QED) is 0.393. The highest BCUT2D eigenvalue weighted by Gasteiger charge is 2.28. The predicted molar refractivity (Wildman–Crippen MR) is 54.9 cm³/mol. The standard InChI is InChI=1S/C10H14N2O4/c1-3-15-9(13)8(10(14)16-4-2)12-7-5-6-11/h5,7-8,12H,3-4H2,1-2H3. The number of nitriles is 1. The molecule has 1 N–H and O–H groups in total. The summed E-state index contributed by atoms with van der Waals surface area (Å²) in [5.74, 6) is -1.47. The molecule has 0 atom stereocenters. The molecule has 0 aromatic heterocycles. The summed E-state index contributed by atoms with van der Waals surface area (Å²) in [6.07, 6.45) is 2.30. The van der Waals surface area contributed by atoms with Crippen molar-refractivity contribution in [1.82, 2.24) is 5.32 Å². The third-order valence-corrected chi connectivity index (χ3v) is 1.47. The van der Waals surface area contributed by atoms with Gasteiger partial charge in [-0.2, -0.15) is 5.26 Å². The van der Waals surface area contributed by atoms with Crippen LogP contribution in [0, 0.1) is 11.3 Å².